The van der Waals surface area contributed by atoms with Gasteiger partial charge in [0.2, 0.25) is 5.91 Å². The lowest BCUT2D eigenvalue weighted by Gasteiger charge is -2.24. The first-order valence-electron chi connectivity index (χ1n) is 6.50. The van der Waals surface area contributed by atoms with Gasteiger partial charge in [0.05, 0.1) is 11.4 Å². The van der Waals surface area contributed by atoms with Crippen molar-refractivity contribution in [3.8, 4) is 11.5 Å². The summed E-state index contributed by atoms with van der Waals surface area (Å²) in [4.78, 5) is 12.0. The number of hydrogen-bond donors (Lipinski definition) is 2. The molecule has 0 aromatic heterocycles. The Morgan fingerprint density at radius 3 is 2.71 bits per heavy atom. The predicted molar refractivity (Wildman–Crippen MR) is 84.7 cm³/mol. The molecule has 1 heterocycles. The Bertz CT molecular complexity index is 521. The first-order chi connectivity index (χ1) is 9.41. The van der Waals surface area contributed by atoms with Crippen molar-refractivity contribution in [3.63, 3.8) is 0 Å². The van der Waals surface area contributed by atoms with Crippen molar-refractivity contribution in [2.75, 3.05) is 19.8 Å². The van der Waals surface area contributed by atoms with Gasteiger partial charge in [0.1, 0.15) is 13.2 Å². The Balaban J connectivity index is 0.00000220. The van der Waals surface area contributed by atoms with Crippen molar-refractivity contribution in [2.24, 2.45) is 5.73 Å². The van der Waals surface area contributed by atoms with E-state index in [-0.39, 0.29) is 24.7 Å². The molecule has 0 bridgehead atoms. The molecule has 0 saturated carbocycles. The summed E-state index contributed by atoms with van der Waals surface area (Å²) in [6.45, 7) is 5.10. The quantitative estimate of drug-likeness (QED) is 0.882. The first-order valence-corrected chi connectivity index (χ1v) is 6.88. The molecule has 3 N–H and O–H groups in total. The lowest BCUT2D eigenvalue weighted by Crippen LogP contribution is -2.49. The van der Waals surface area contributed by atoms with Crippen LogP contribution in [0.5, 0.6) is 11.5 Å². The number of nitrogens with two attached hydrogens (primary N) is 1. The summed E-state index contributed by atoms with van der Waals surface area (Å²) in [6.07, 6.45) is 0.222. The van der Waals surface area contributed by atoms with Gasteiger partial charge in [-0.15, -0.1) is 12.4 Å². The fourth-order valence-electron chi connectivity index (χ4n) is 1.92. The highest BCUT2D eigenvalue weighted by Gasteiger charge is 2.20. The fourth-order valence-corrected chi connectivity index (χ4v) is 2.21. The Labute approximate surface area is 135 Å². The number of benzene rings is 1. The molecule has 0 radical (unpaired) electrons. The highest BCUT2D eigenvalue weighted by Crippen LogP contribution is 2.38. The van der Waals surface area contributed by atoms with Gasteiger partial charge < -0.3 is 20.5 Å². The third-order valence-electron chi connectivity index (χ3n) is 3.01. The molecule has 118 valence electrons. The largest absolute Gasteiger partial charge is 0.486 e. The third-order valence-corrected chi connectivity index (χ3v) is 3.29. The summed E-state index contributed by atoms with van der Waals surface area (Å²) in [5, 5.41) is 3.34. The van der Waals surface area contributed by atoms with Crippen LogP contribution in [0.1, 0.15) is 19.4 Å². The Hall–Kier alpha value is -1.17. The number of carbonyl (C=O) groups excluding carboxylic acids is 1. The molecule has 1 aliphatic rings. The molecule has 21 heavy (non-hydrogen) atoms. The average molecular weight is 335 g/mol. The van der Waals surface area contributed by atoms with E-state index < -0.39 is 5.54 Å². The zero-order valence-corrected chi connectivity index (χ0v) is 13.6. The lowest BCUT2D eigenvalue weighted by molar-refractivity contribution is -0.121. The topological polar surface area (TPSA) is 73.6 Å². The van der Waals surface area contributed by atoms with Crippen LogP contribution >= 0.6 is 24.0 Å². The summed E-state index contributed by atoms with van der Waals surface area (Å²) in [6, 6.07) is 3.51. The smallest absolute Gasteiger partial charge is 0.224 e. The number of halogens is 2. The standard InChI is InChI=1S/C14H19ClN2O3.ClH/c1-14(2,8-16)17-12(18)7-9-5-10(15)13-11(6-9)19-3-4-20-13;/h5-6H,3-4,7-8,16H2,1-2H3,(H,17,18);1H. The maximum Gasteiger partial charge on any atom is 0.224 e. The summed E-state index contributed by atoms with van der Waals surface area (Å²) >= 11 is 6.13. The van der Waals surface area contributed by atoms with Gasteiger partial charge in [0, 0.05) is 12.1 Å². The number of hydrogen-bond acceptors (Lipinski definition) is 4. The number of carbonyl (C=O) groups is 1. The van der Waals surface area contributed by atoms with E-state index in [2.05, 4.69) is 5.32 Å². The summed E-state index contributed by atoms with van der Waals surface area (Å²) in [5.41, 5.74) is 5.95. The molecule has 0 atom stereocenters. The summed E-state index contributed by atoms with van der Waals surface area (Å²) in [7, 11) is 0. The van der Waals surface area contributed by atoms with E-state index in [0.717, 1.165) is 5.56 Å². The summed E-state index contributed by atoms with van der Waals surface area (Å²) < 4.78 is 10.9. The van der Waals surface area contributed by atoms with E-state index in [9.17, 15) is 4.79 Å². The second-order valence-electron chi connectivity index (χ2n) is 5.41. The molecule has 7 heteroatoms. The number of nitrogens with one attached hydrogen (secondary N) is 1. The van der Waals surface area contributed by atoms with Crippen LogP contribution < -0.4 is 20.5 Å². The van der Waals surface area contributed by atoms with Crippen LogP contribution in [0.15, 0.2) is 12.1 Å². The van der Waals surface area contributed by atoms with Crippen LogP contribution in [0.4, 0.5) is 0 Å². The van der Waals surface area contributed by atoms with Crippen LogP contribution in [0.2, 0.25) is 5.02 Å². The highest BCUT2D eigenvalue weighted by atomic mass is 35.5. The van der Waals surface area contributed by atoms with Gasteiger partial charge in [0.25, 0.3) is 0 Å². The van der Waals surface area contributed by atoms with Gasteiger partial charge in [-0.05, 0) is 31.5 Å². The minimum Gasteiger partial charge on any atom is -0.486 e. The zero-order valence-electron chi connectivity index (χ0n) is 12.1. The second-order valence-corrected chi connectivity index (χ2v) is 5.82. The van der Waals surface area contributed by atoms with Gasteiger partial charge in [-0.3, -0.25) is 4.79 Å². The van der Waals surface area contributed by atoms with Crippen molar-refractivity contribution in [3.05, 3.63) is 22.7 Å². The van der Waals surface area contributed by atoms with Crippen molar-refractivity contribution in [1.29, 1.82) is 0 Å². The maximum absolute atomic E-state index is 12.0. The lowest BCUT2D eigenvalue weighted by atomic mass is 10.0. The van der Waals surface area contributed by atoms with E-state index >= 15 is 0 Å². The molecule has 1 amide bonds. The Morgan fingerprint density at radius 1 is 1.38 bits per heavy atom. The first kappa shape index (κ1) is 17.9. The van der Waals surface area contributed by atoms with Crippen molar-refractivity contribution < 1.29 is 14.3 Å². The van der Waals surface area contributed by atoms with Crippen LogP contribution in [0.25, 0.3) is 0 Å². The molecule has 1 aliphatic heterocycles. The van der Waals surface area contributed by atoms with E-state index in [1.807, 2.05) is 13.8 Å². The molecule has 0 aliphatic carbocycles. The molecule has 5 nitrogen and oxygen atoms in total. The van der Waals surface area contributed by atoms with E-state index in [1.54, 1.807) is 12.1 Å². The fraction of sp³-hybridized carbons (Fsp3) is 0.500. The zero-order chi connectivity index (χ0) is 14.8. The molecular formula is C14H20Cl2N2O3. The van der Waals surface area contributed by atoms with Crippen molar-refractivity contribution in [2.45, 2.75) is 25.8 Å². The van der Waals surface area contributed by atoms with Gasteiger partial charge in [0.15, 0.2) is 11.5 Å². The van der Waals surface area contributed by atoms with E-state index in [0.29, 0.717) is 36.3 Å². The maximum atomic E-state index is 12.0. The average Bonchev–Trinajstić information content (AvgIpc) is 2.38. The normalized spacial score (nSPS) is 13.3. The van der Waals surface area contributed by atoms with Crippen LogP contribution in [0.3, 0.4) is 0 Å². The molecular weight excluding hydrogens is 315 g/mol. The summed E-state index contributed by atoms with van der Waals surface area (Å²) in [5.74, 6) is 1.03. The molecule has 0 saturated heterocycles. The van der Waals surface area contributed by atoms with E-state index in [4.69, 9.17) is 26.8 Å². The number of rotatable bonds is 4. The highest BCUT2D eigenvalue weighted by molar-refractivity contribution is 6.32. The second kappa shape index (κ2) is 7.20. The molecule has 0 spiro atoms. The number of ether oxygens (including phenoxy) is 2. The van der Waals surface area contributed by atoms with Crippen molar-refractivity contribution >= 4 is 29.9 Å². The molecule has 1 aromatic rings. The van der Waals surface area contributed by atoms with Crippen LogP contribution in [-0.4, -0.2) is 31.2 Å². The minimum atomic E-state index is -0.422. The van der Waals surface area contributed by atoms with Gasteiger partial charge in [-0.1, -0.05) is 11.6 Å². The molecule has 1 aromatic carbocycles. The van der Waals surface area contributed by atoms with E-state index in [1.165, 1.54) is 0 Å². The molecule has 0 unspecified atom stereocenters. The monoisotopic (exact) mass is 334 g/mol. The van der Waals surface area contributed by atoms with Crippen molar-refractivity contribution in [1.82, 2.24) is 5.32 Å². The van der Waals surface area contributed by atoms with Crippen LogP contribution in [-0.2, 0) is 11.2 Å². The number of fused-ring (bicyclic) bond motifs is 1. The SMILES string of the molecule is CC(C)(CN)NC(=O)Cc1cc(Cl)c2c(c1)OCCO2.Cl. The predicted octanol–water partition coefficient (Wildman–Crippen LogP) is 1.93. The Morgan fingerprint density at radius 2 is 2.05 bits per heavy atom. The minimum absolute atomic E-state index is 0. The Kier molecular flexibility index (Phi) is 6.13. The number of amides is 1. The third kappa shape index (κ3) is 4.66. The molecule has 0 fully saturated rings. The van der Waals surface area contributed by atoms with Gasteiger partial charge in [-0.2, -0.15) is 0 Å². The van der Waals surface area contributed by atoms with Crippen LogP contribution in [0, 0.1) is 0 Å². The molecule has 2 rings (SSSR count). The van der Waals surface area contributed by atoms with Gasteiger partial charge >= 0.3 is 0 Å². The van der Waals surface area contributed by atoms with Gasteiger partial charge in [-0.25, -0.2) is 0 Å².